The van der Waals surface area contributed by atoms with Crippen LogP contribution in [-0.4, -0.2) is 42.5 Å². The van der Waals surface area contributed by atoms with Crippen molar-refractivity contribution < 1.29 is 9.53 Å². The summed E-state index contributed by atoms with van der Waals surface area (Å²) in [6.45, 7) is 11.2. The highest BCUT2D eigenvalue weighted by molar-refractivity contribution is 5.87. The number of nitrogens with zero attached hydrogens (tertiary/aromatic N) is 1. The Hall–Kier alpha value is -0.410. The van der Waals surface area contributed by atoms with Crippen molar-refractivity contribution in [3.63, 3.8) is 0 Å². The fourth-order valence-electron chi connectivity index (χ4n) is 3.28. The van der Waals surface area contributed by atoms with Gasteiger partial charge in [-0.25, -0.2) is 0 Å². The third kappa shape index (κ3) is 2.94. The molecule has 0 aromatic rings. The molecule has 2 fully saturated rings. The average molecular weight is 253 g/mol. The van der Waals surface area contributed by atoms with Crippen LogP contribution in [0, 0.1) is 11.3 Å². The Labute approximate surface area is 111 Å². The Morgan fingerprint density at radius 3 is 2.83 bits per heavy atom. The minimum absolute atomic E-state index is 0.107. The molecule has 3 atom stereocenters. The van der Waals surface area contributed by atoms with Gasteiger partial charge in [0.2, 0.25) is 0 Å². The fourth-order valence-corrected chi connectivity index (χ4v) is 3.28. The third-order valence-electron chi connectivity index (χ3n) is 4.58. The van der Waals surface area contributed by atoms with Gasteiger partial charge < -0.3 is 4.74 Å². The number of Topliss-reactive ketones (excluding diaryl/α,β-unsaturated/α-hetero) is 1. The average Bonchev–Trinajstić information content (AvgIpc) is 2.30. The predicted octanol–water partition coefficient (Wildman–Crippen LogP) is 2.49. The van der Waals surface area contributed by atoms with Crippen LogP contribution in [0.25, 0.3) is 0 Å². The van der Waals surface area contributed by atoms with E-state index in [0.29, 0.717) is 17.9 Å². The van der Waals surface area contributed by atoms with Gasteiger partial charge in [-0.05, 0) is 26.7 Å². The molecular weight excluding hydrogens is 226 g/mol. The van der Waals surface area contributed by atoms with Crippen molar-refractivity contribution in [2.75, 3.05) is 19.7 Å². The number of carbonyl (C=O) groups is 1. The van der Waals surface area contributed by atoms with Crippen molar-refractivity contribution in [3.05, 3.63) is 0 Å². The second-order valence-corrected chi connectivity index (χ2v) is 6.78. The minimum Gasteiger partial charge on any atom is -0.376 e. The summed E-state index contributed by atoms with van der Waals surface area (Å²) in [5.74, 6) is 0.710. The minimum atomic E-state index is -0.107. The molecule has 1 saturated heterocycles. The van der Waals surface area contributed by atoms with Crippen molar-refractivity contribution >= 4 is 5.78 Å². The van der Waals surface area contributed by atoms with E-state index in [9.17, 15) is 4.79 Å². The van der Waals surface area contributed by atoms with E-state index < -0.39 is 0 Å². The Morgan fingerprint density at radius 1 is 1.39 bits per heavy atom. The first-order chi connectivity index (χ1) is 8.40. The monoisotopic (exact) mass is 253 g/mol. The van der Waals surface area contributed by atoms with Crippen LogP contribution in [-0.2, 0) is 9.53 Å². The van der Waals surface area contributed by atoms with Crippen molar-refractivity contribution in [2.24, 2.45) is 11.3 Å². The molecule has 0 bridgehead atoms. The van der Waals surface area contributed by atoms with Crippen molar-refractivity contribution in [2.45, 2.75) is 59.1 Å². The molecule has 1 heterocycles. The number of rotatable bonds is 2. The van der Waals surface area contributed by atoms with E-state index >= 15 is 0 Å². The van der Waals surface area contributed by atoms with E-state index in [1.54, 1.807) is 0 Å². The highest BCUT2D eigenvalue weighted by Crippen LogP contribution is 2.36. The lowest BCUT2D eigenvalue weighted by molar-refractivity contribution is -0.136. The summed E-state index contributed by atoms with van der Waals surface area (Å²) < 4.78 is 5.65. The van der Waals surface area contributed by atoms with E-state index in [1.807, 2.05) is 0 Å². The molecule has 104 valence electrons. The molecule has 1 saturated carbocycles. The van der Waals surface area contributed by atoms with Gasteiger partial charge in [-0.3, -0.25) is 9.69 Å². The van der Waals surface area contributed by atoms with Crippen LogP contribution in [0.4, 0.5) is 0 Å². The van der Waals surface area contributed by atoms with Crippen LogP contribution in [0.5, 0.6) is 0 Å². The number of ketones is 1. The van der Waals surface area contributed by atoms with Gasteiger partial charge in [0, 0.05) is 30.5 Å². The molecule has 0 aromatic carbocycles. The smallest absolute Gasteiger partial charge is 0.142 e. The Bertz CT molecular complexity index is 314. The lowest BCUT2D eigenvalue weighted by atomic mass is 9.71. The molecule has 18 heavy (non-hydrogen) atoms. The molecule has 3 unspecified atom stereocenters. The summed E-state index contributed by atoms with van der Waals surface area (Å²) in [5, 5.41) is 0. The molecule has 3 nitrogen and oxygen atoms in total. The molecule has 0 radical (unpaired) electrons. The van der Waals surface area contributed by atoms with E-state index in [0.717, 1.165) is 32.5 Å². The number of carbonyl (C=O) groups excluding carboxylic acids is 1. The summed E-state index contributed by atoms with van der Waals surface area (Å²) in [6.07, 6.45) is 3.61. The summed E-state index contributed by atoms with van der Waals surface area (Å²) in [7, 11) is 0. The van der Waals surface area contributed by atoms with Gasteiger partial charge in [0.1, 0.15) is 5.78 Å². The lowest BCUT2D eigenvalue weighted by Gasteiger charge is -2.41. The first-order valence-electron chi connectivity index (χ1n) is 7.30. The van der Waals surface area contributed by atoms with E-state index in [4.69, 9.17) is 4.74 Å². The number of morpholine rings is 1. The van der Waals surface area contributed by atoms with Crippen molar-refractivity contribution in [3.8, 4) is 0 Å². The lowest BCUT2D eigenvalue weighted by Crippen LogP contribution is -2.51. The zero-order chi connectivity index (χ0) is 13.3. The number of hydrogen-bond acceptors (Lipinski definition) is 3. The zero-order valence-corrected chi connectivity index (χ0v) is 12.2. The van der Waals surface area contributed by atoms with Crippen molar-refractivity contribution in [1.29, 1.82) is 0 Å². The van der Waals surface area contributed by atoms with Crippen molar-refractivity contribution in [1.82, 2.24) is 4.90 Å². The topological polar surface area (TPSA) is 29.5 Å². The molecule has 0 aromatic heterocycles. The predicted molar refractivity (Wildman–Crippen MR) is 72.6 cm³/mol. The standard InChI is InChI=1S/C15H27NO2/c1-11-10-18-12(2)8-16(11)9-13-6-5-7-15(3,4)14(13)17/h11-13H,5-10H2,1-4H3. The van der Waals surface area contributed by atoms with E-state index in [-0.39, 0.29) is 11.3 Å². The molecule has 2 aliphatic rings. The molecule has 0 N–H and O–H groups in total. The summed E-state index contributed by atoms with van der Waals surface area (Å²) in [4.78, 5) is 14.9. The number of ether oxygens (including phenoxy) is 1. The zero-order valence-electron chi connectivity index (χ0n) is 12.2. The molecule has 2 rings (SSSR count). The van der Waals surface area contributed by atoms with Gasteiger partial charge in [0.05, 0.1) is 12.7 Å². The molecule has 1 aliphatic carbocycles. The maximum Gasteiger partial charge on any atom is 0.142 e. The summed E-state index contributed by atoms with van der Waals surface area (Å²) in [6, 6.07) is 0.444. The van der Waals surface area contributed by atoms with Gasteiger partial charge in [0.15, 0.2) is 0 Å². The highest BCUT2D eigenvalue weighted by atomic mass is 16.5. The normalized spacial score (nSPS) is 37.8. The number of hydrogen-bond donors (Lipinski definition) is 0. The molecule has 0 amide bonds. The second-order valence-electron chi connectivity index (χ2n) is 6.78. The maximum atomic E-state index is 12.5. The Kier molecular flexibility index (Phi) is 4.12. The molecule has 1 aliphatic heterocycles. The molecular formula is C15H27NO2. The highest BCUT2D eigenvalue weighted by Gasteiger charge is 2.38. The maximum absolute atomic E-state index is 12.5. The first-order valence-corrected chi connectivity index (χ1v) is 7.30. The van der Waals surface area contributed by atoms with Gasteiger partial charge in [-0.2, -0.15) is 0 Å². The van der Waals surface area contributed by atoms with Gasteiger partial charge >= 0.3 is 0 Å². The fraction of sp³-hybridized carbons (Fsp3) is 0.933. The summed E-state index contributed by atoms with van der Waals surface area (Å²) in [5.41, 5.74) is -0.107. The quantitative estimate of drug-likeness (QED) is 0.757. The molecule has 0 spiro atoms. The van der Waals surface area contributed by atoms with Crippen LogP contribution >= 0.6 is 0 Å². The SMILES string of the molecule is CC1CN(CC2CCCC(C)(C)C2=O)C(C)CO1. The van der Waals surface area contributed by atoms with E-state index in [2.05, 4.69) is 32.6 Å². The largest absolute Gasteiger partial charge is 0.376 e. The van der Waals surface area contributed by atoms with Crippen LogP contribution in [0.1, 0.15) is 47.0 Å². The van der Waals surface area contributed by atoms with Crippen LogP contribution in [0.15, 0.2) is 0 Å². The van der Waals surface area contributed by atoms with Crippen LogP contribution in [0.2, 0.25) is 0 Å². The van der Waals surface area contributed by atoms with Gasteiger partial charge in [-0.15, -0.1) is 0 Å². The second kappa shape index (κ2) is 5.30. The van der Waals surface area contributed by atoms with Gasteiger partial charge in [0.25, 0.3) is 0 Å². The Balaban J connectivity index is 1.97. The summed E-state index contributed by atoms with van der Waals surface area (Å²) >= 11 is 0. The van der Waals surface area contributed by atoms with E-state index in [1.165, 1.54) is 6.42 Å². The van der Waals surface area contributed by atoms with Crippen LogP contribution in [0.3, 0.4) is 0 Å². The molecule has 3 heteroatoms. The van der Waals surface area contributed by atoms with Crippen LogP contribution < -0.4 is 0 Å². The Morgan fingerprint density at radius 2 is 2.11 bits per heavy atom. The first kappa shape index (κ1) is 14.0. The van der Waals surface area contributed by atoms with Gasteiger partial charge in [-0.1, -0.05) is 20.3 Å². The third-order valence-corrected chi connectivity index (χ3v) is 4.58.